The third kappa shape index (κ3) is 3.70. The summed E-state index contributed by atoms with van der Waals surface area (Å²) in [5.41, 5.74) is 3.36. The van der Waals surface area contributed by atoms with Gasteiger partial charge < -0.3 is 14.2 Å². The summed E-state index contributed by atoms with van der Waals surface area (Å²) in [6, 6.07) is 9.84. The van der Waals surface area contributed by atoms with Crippen LogP contribution in [0.15, 0.2) is 34.8 Å². The number of rotatable bonds is 5. The van der Waals surface area contributed by atoms with E-state index in [1.807, 2.05) is 30.3 Å². The Kier molecular flexibility index (Phi) is 5.12. The smallest absolute Gasteiger partial charge is 0.161 e. The van der Waals surface area contributed by atoms with E-state index in [0.29, 0.717) is 12.4 Å². The lowest BCUT2D eigenvalue weighted by molar-refractivity contribution is 0.303. The first-order valence-electron chi connectivity index (χ1n) is 6.65. The van der Waals surface area contributed by atoms with Crippen molar-refractivity contribution in [2.75, 3.05) is 14.2 Å². The Hall–Kier alpha value is -1.68. The van der Waals surface area contributed by atoms with Crippen LogP contribution in [-0.4, -0.2) is 14.2 Å². The maximum Gasteiger partial charge on any atom is 0.161 e. The molecule has 0 saturated carbocycles. The normalized spacial score (nSPS) is 10.3. The van der Waals surface area contributed by atoms with Crippen LogP contribution in [0.1, 0.15) is 16.7 Å². The first-order chi connectivity index (χ1) is 10.0. The molecule has 4 heteroatoms. The summed E-state index contributed by atoms with van der Waals surface area (Å²) < 4.78 is 17.5. The molecular formula is C17H19BrO3. The van der Waals surface area contributed by atoms with Crippen molar-refractivity contribution in [3.8, 4) is 17.2 Å². The van der Waals surface area contributed by atoms with Gasteiger partial charge in [0.1, 0.15) is 12.4 Å². The minimum absolute atomic E-state index is 0.487. The van der Waals surface area contributed by atoms with Gasteiger partial charge in [-0.2, -0.15) is 0 Å². The van der Waals surface area contributed by atoms with Gasteiger partial charge in [-0.25, -0.2) is 0 Å². The summed E-state index contributed by atoms with van der Waals surface area (Å²) in [6.45, 7) is 4.60. The summed E-state index contributed by atoms with van der Waals surface area (Å²) in [5.74, 6) is 2.29. The molecule has 0 aliphatic carbocycles. The van der Waals surface area contributed by atoms with E-state index in [-0.39, 0.29) is 0 Å². The number of ether oxygens (including phenoxy) is 3. The van der Waals surface area contributed by atoms with Crippen LogP contribution in [0.3, 0.4) is 0 Å². The van der Waals surface area contributed by atoms with Gasteiger partial charge in [-0.1, -0.05) is 22.0 Å². The van der Waals surface area contributed by atoms with Crippen LogP contribution in [0.5, 0.6) is 17.2 Å². The van der Waals surface area contributed by atoms with Crippen molar-refractivity contribution in [2.24, 2.45) is 0 Å². The maximum absolute atomic E-state index is 5.86. The van der Waals surface area contributed by atoms with E-state index >= 15 is 0 Å². The minimum Gasteiger partial charge on any atom is -0.493 e. The van der Waals surface area contributed by atoms with Crippen LogP contribution in [0, 0.1) is 13.8 Å². The fourth-order valence-electron chi connectivity index (χ4n) is 2.13. The van der Waals surface area contributed by atoms with Gasteiger partial charge in [-0.15, -0.1) is 0 Å². The van der Waals surface area contributed by atoms with Gasteiger partial charge >= 0.3 is 0 Å². The lowest BCUT2D eigenvalue weighted by Crippen LogP contribution is -1.98. The Bertz CT molecular complexity index is 615. The van der Waals surface area contributed by atoms with Crippen molar-refractivity contribution in [1.29, 1.82) is 0 Å². The summed E-state index contributed by atoms with van der Waals surface area (Å²) in [4.78, 5) is 0. The molecule has 0 unspecified atom stereocenters. The molecule has 0 radical (unpaired) electrons. The zero-order valence-corrected chi connectivity index (χ0v) is 14.3. The number of hydrogen-bond donors (Lipinski definition) is 0. The monoisotopic (exact) mass is 350 g/mol. The Labute approximate surface area is 134 Å². The van der Waals surface area contributed by atoms with Crippen LogP contribution >= 0.6 is 15.9 Å². The number of halogens is 1. The molecule has 0 atom stereocenters. The van der Waals surface area contributed by atoms with Crippen molar-refractivity contribution in [1.82, 2.24) is 0 Å². The van der Waals surface area contributed by atoms with Gasteiger partial charge in [0, 0.05) is 4.47 Å². The van der Waals surface area contributed by atoms with E-state index in [1.165, 1.54) is 0 Å². The fraction of sp³-hybridized carbons (Fsp3) is 0.294. The maximum atomic E-state index is 5.86. The molecule has 2 aromatic rings. The van der Waals surface area contributed by atoms with E-state index in [1.54, 1.807) is 14.2 Å². The van der Waals surface area contributed by atoms with Crippen molar-refractivity contribution >= 4 is 15.9 Å². The van der Waals surface area contributed by atoms with E-state index < -0.39 is 0 Å². The van der Waals surface area contributed by atoms with Crippen molar-refractivity contribution in [2.45, 2.75) is 20.5 Å². The molecule has 0 amide bonds. The molecule has 0 heterocycles. The van der Waals surface area contributed by atoms with Gasteiger partial charge in [-0.3, -0.25) is 0 Å². The molecule has 0 saturated heterocycles. The average molecular weight is 351 g/mol. The Morgan fingerprint density at radius 2 is 1.52 bits per heavy atom. The van der Waals surface area contributed by atoms with Gasteiger partial charge in [0.25, 0.3) is 0 Å². The molecule has 0 spiro atoms. The highest BCUT2D eigenvalue weighted by Crippen LogP contribution is 2.29. The quantitative estimate of drug-likeness (QED) is 0.784. The molecule has 21 heavy (non-hydrogen) atoms. The Balaban J connectivity index is 2.13. The Morgan fingerprint density at radius 1 is 0.905 bits per heavy atom. The molecule has 0 aromatic heterocycles. The van der Waals surface area contributed by atoms with Gasteiger partial charge in [0.15, 0.2) is 11.5 Å². The first-order valence-corrected chi connectivity index (χ1v) is 7.45. The fourth-order valence-corrected chi connectivity index (χ4v) is 2.36. The third-order valence-corrected chi connectivity index (χ3v) is 4.51. The van der Waals surface area contributed by atoms with Crippen molar-refractivity contribution in [3.63, 3.8) is 0 Å². The van der Waals surface area contributed by atoms with E-state index in [0.717, 1.165) is 32.7 Å². The van der Waals surface area contributed by atoms with Crippen LogP contribution in [-0.2, 0) is 6.61 Å². The zero-order valence-electron chi connectivity index (χ0n) is 12.7. The van der Waals surface area contributed by atoms with Crippen LogP contribution < -0.4 is 14.2 Å². The lowest BCUT2D eigenvalue weighted by atomic mass is 10.1. The highest BCUT2D eigenvalue weighted by molar-refractivity contribution is 9.10. The summed E-state index contributed by atoms with van der Waals surface area (Å²) in [6.07, 6.45) is 0. The average Bonchev–Trinajstić information content (AvgIpc) is 2.50. The molecule has 0 aliphatic heterocycles. The van der Waals surface area contributed by atoms with E-state index in [4.69, 9.17) is 14.2 Å². The topological polar surface area (TPSA) is 27.7 Å². The van der Waals surface area contributed by atoms with Crippen molar-refractivity contribution in [3.05, 3.63) is 51.5 Å². The second-order valence-electron chi connectivity index (χ2n) is 4.85. The third-order valence-electron chi connectivity index (χ3n) is 3.26. The number of aryl methyl sites for hydroxylation is 2. The summed E-state index contributed by atoms with van der Waals surface area (Å²) in [5, 5.41) is 0. The van der Waals surface area contributed by atoms with Gasteiger partial charge in [0.05, 0.1) is 14.2 Å². The molecule has 0 aliphatic rings. The van der Waals surface area contributed by atoms with Gasteiger partial charge in [-0.05, 0) is 54.8 Å². The summed E-state index contributed by atoms with van der Waals surface area (Å²) in [7, 11) is 3.26. The number of methoxy groups -OCH3 is 2. The van der Waals surface area contributed by atoms with E-state index in [9.17, 15) is 0 Å². The predicted molar refractivity (Wildman–Crippen MR) is 87.5 cm³/mol. The SMILES string of the molecule is COc1ccc(COc2cc(C)c(Br)c(C)c2)cc1OC. The van der Waals surface area contributed by atoms with E-state index in [2.05, 4.69) is 29.8 Å². The predicted octanol–water partition coefficient (Wildman–Crippen LogP) is 4.66. The highest BCUT2D eigenvalue weighted by atomic mass is 79.9. The first kappa shape index (κ1) is 15.7. The second kappa shape index (κ2) is 6.85. The van der Waals surface area contributed by atoms with Gasteiger partial charge in [0.2, 0.25) is 0 Å². The molecule has 2 rings (SSSR count). The van der Waals surface area contributed by atoms with Crippen molar-refractivity contribution < 1.29 is 14.2 Å². The molecular weight excluding hydrogens is 332 g/mol. The van der Waals surface area contributed by atoms with Crippen LogP contribution in [0.4, 0.5) is 0 Å². The zero-order chi connectivity index (χ0) is 15.4. The standard InChI is InChI=1S/C17H19BrO3/c1-11-7-14(8-12(2)17(11)18)21-10-13-5-6-15(19-3)16(9-13)20-4/h5-9H,10H2,1-4H3. The minimum atomic E-state index is 0.487. The molecule has 0 N–H and O–H groups in total. The Morgan fingerprint density at radius 3 is 2.10 bits per heavy atom. The van der Waals surface area contributed by atoms with Crippen LogP contribution in [0.2, 0.25) is 0 Å². The lowest BCUT2D eigenvalue weighted by Gasteiger charge is -2.12. The number of benzene rings is 2. The molecule has 0 bridgehead atoms. The largest absolute Gasteiger partial charge is 0.493 e. The highest BCUT2D eigenvalue weighted by Gasteiger charge is 2.07. The summed E-state index contributed by atoms with van der Waals surface area (Å²) >= 11 is 3.56. The molecule has 2 aromatic carbocycles. The second-order valence-corrected chi connectivity index (χ2v) is 5.64. The van der Waals surface area contributed by atoms with Crippen LogP contribution in [0.25, 0.3) is 0 Å². The molecule has 0 fully saturated rings. The molecule has 3 nitrogen and oxygen atoms in total. The number of hydrogen-bond acceptors (Lipinski definition) is 3. The molecule has 112 valence electrons.